The third kappa shape index (κ3) is 5.26. The molecule has 0 aliphatic rings. The van der Waals surface area contributed by atoms with E-state index in [9.17, 15) is 9.90 Å². The van der Waals surface area contributed by atoms with Crippen LogP contribution in [0.4, 0.5) is 0 Å². The third-order valence-electron chi connectivity index (χ3n) is 5.78. The van der Waals surface area contributed by atoms with E-state index in [1.54, 1.807) is 6.07 Å². The molecule has 1 amide bonds. The summed E-state index contributed by atoms with van der Waals surface area (Å²) in [7, 11) is 0. The molecular weight excluding hydrogens is 490 g/mol. The average Bonchev–Trinajstić information content (AvgIpc) is 2.82. The van der Waals surface area contributed by atoms with Gasteiger partial charge in [-0.2, -0.15) is 0 Å². The molecule has 0 saturated carbocycles. The molecule has 4 aromatic carbocycles. The fourth-order valence-electron chi connectivity index (χ4n) is 4.12. The van der Waals surface area contributed by atoms with Crippen LogP contribution in [0, 0.1) is 0 Å². The highest BCUT2D eigenvalue weighted by atomic mass is 79.9. The Morgan fingerprint density at radius 1 is 0.971 bits per heavy atom. The van der Waals surface area contributed by atoms with Gasteiger partial charge in [0.15, 0.2) is 6.61 Å². The summed E-state index contributed by atoms with van der Waals surface area (Å²) in [6.07, 6.45) is 0. The van der Waals surface area contributed by atoms with Crippen molar-refractivity contribution >= 4 is 32.6 Å². The SMILES string of the molecule is CC(C)(C)c1cc(Br)ccc1OCC(=O)NC(c1ccccc1)c1c(O)ccc2ccccc12. The van der Waals surface area contributed by atoms with E-state index in [1.165, 1.54) is 0 Å². The second-order valence-corrected chi connectivity index (χ2v) is 10.2. The summed E-state index contributed by atoms with van der Waals surface area (Å²) < 4.78 is 6.94. The number of benzene rings is 4. The molecule has 4 rings (SSSR count). The fraction of sp³-hybridized carbons (Fsp3) is 0.207. The van der Waals surface area contributed by atoms with Crippen LogP contribution in [0.1, 0.15) is 43.5 Å². The highest BCUT2D eigenvalue weighted by Gasteiger charge is 2.24. The van der Waals surface area contributed by atoms with Crippen LogP contribution < -0.4 is 10.1 Å². The van der Waals surface area contributed by atoms with Gasteiger partial charge in [-0.25, -0.2) is 0 Å². The number of aromatic hydroxyl groups is 1. The van der Waals surface area contributed by atoms with Crippen molar-refractivity contribution in [3.63, 3.8) is 0 Å². The molecule has 1 unspecified atom stereocenters. The van der Waals surface area contributed by atoms with Gasteiger partial charge in [-0.3, -0.25) is 4.79 Å². The summed E-state index contributed by atoms with van der Waals surface area (Å²) in [4.78, 5) is 13.1. The Morgan fingerprint density at radius 3 is 2.41 bits per heavy atom. The van der Waals surface area contributed by atoms with E-state index in [0.717, 1.165) is 26.4 Å². The number of carbonyl (C=O) groups is 1. The lowest BCUT2D eigenvalue weighted by atomic mass is 9.86. The Kier molecular flexibility index (Phi) is 6.94. The van der Waals surface area contributed by atoms with Crippen LogP contribution in [0.3, 0.4) is 0 Å². The normalized spacial score (nSPS) is 12.4. The summed E-state index contributed by atoms with van der Waals surface area (Å²) in [6, 6.07) is 26.3. The second-order valence-electron chi connectivity index (χ2n) is 9.31. The Balaban J connectivity index is 1.64. The number of fused-ring (bicyclic) bond motifs is 1. The Labute approximate surface area is 208 Å². The molecule has 0 bridgehead atoms. The van der Waals surface area contributed by atoms with Crippen molar-refractivity contribution in [2.45, 2.75) is 32.2 Å². The van der Waals surface area contributed by atoms with E-state index < -0.39 is 6.04 Å². The quantitative estimate of drug-likeness (QED) is 0.292. The molecule has 0 fully saturated rings. The molecule has 2 N–H and O–H groups in total. The van der Waals surface area contributed by atoms with Crippen molar-refractivity contribution in [1.29, 1.82) is 0 Å². The summed E-state index contributed by atoms with van der Waals surface area (Å²) in [6.45, 7) is 6.18. The summed E-state index contributed by atoms with van der Waals surface area (Å²) in [5.41, 5.74) is 2.41. The van der Waals surface area contributed by atoms with Gasteiger partial charge in [-0.05, 0) is 46.0 Å². The molecule has 5 heteroatoms. The van der Waals surface area contributed by atoms with E-state index in [1.807, 2.05) is 78.9 Å². The molecule has 34 heavy (non-hydrogen) atoms. The minimum absolute atomic E-state index is 0.136. The van der Waals surface area contributed by atoms with Gasteiger partial charge >= 0.3 is 0 Å². The average molecular weight is 518 g/mol. The van der Waals surface area contributed by atoms with Crippen molar-refractivity contribution in [3.8, 4) is 11.5 Å². The molecule has 0 heterocycles. The monoisotopic (exact) mass is 517 g/mol. The Morgan fingerprint density at radius 2 is 1.68 bits per heavy atom. The van der Waals surface area contributed by atoms with Gasteiger partial charge in [0.25, 0.3) is 5.91 Å². The summed E-state index contributed by atoms with van der Waals surface area (Å²) in [5, 5.41) is 15.8. The van der Waals surface area contributed by atoms with Crippen LogP contribution in [0.15, 0.2) is 89.4 Å². The molecule has 0 aliphatic heterocycles. The van der Waals surface area contributed by atoms with Crippen LogP contribution in [0.2, 0.25) is 0 Å². The first-order chi connectivity index (χ1) is 16.2. The number of nitrogens with one attached hydrogen (secondary N) is 1. The van der Waals surface area contributed by atoms with Crippen molar-refractivity contribution in [3.05, 3.63) is 106 Å². The molecule has 0 spiro atoms. The summed E-state index contributed by atoms with van der Waals surface area (Å²) >= 11 is 3.52. The topological polar surface area (TPSA) is 58.6 Å². The van der Waals surface area contributed by atoms with Gasteiger partial charge in [0.1, 0.15) is 11.5 Å². The number of amides is 1. The van der Waals surface area contributed by atoms with Gasteiger partial charge in [0.2, 0.25) is 0 Å². The van der Waals surface area contributed by atoms with Gasteiger partial charge in [-0.1, -0.05) is 97.4 Å². The smallest absolute Gasteiger partial charge is 0.258 e. The maximum absolute atomic E-state index is 13.1. The van der Waals surface area contributed by atoms with Gasteiger partial charge < -0.3 is 15.2 Å². The Hall–Kier alpha value is -3.31. The van der Waals surface area contributed by atoms with Crippen LogP contribution >= 0.6 is 15.9 Å². The molecule has 0 radical (unpaired) electrons. The van der Waals surface area contributed by atoms with E-state index in [-0.39, 0.29) is 23.7 Å². The fourth-order valence-corrected chi connectivity index (χ4v) is 4.48. The minimum Gasteiger partial charge on any atom is -0.508 e. The zero-order valence-corrected chi connectivity index (χ0v) is 21.1. The maximum Gasteiger partial charge on any atom is 0.258 e. The number of carbonyl (C=O) groups excluding carboxylic acids is 1. The largest absolute Gasteiger partial charge is 0.508 e. The third-order valence-corrected chi connectivity index (χ3v) is 6.28. The van der Waals surface area contributed by atoms with Crippen molar-refractivity contribution < 1.29 is 14.6 Å². The number of ether oxygens (including phenoxy) is 1. The Bertz CT molecular complexity index is 1310. The molecule has 174 valence electrons. The van der Waals surface area contributed by atoms with Crippen LogP contribution in [0.25, 0.3) is 10.8 Å². The first kappa shape index (κ1) is 23.8. The number of hydrogen-bond acceptors (Lipinski definition) is 3. The zero-order valence-electron chi connectivity index (χ0n) is 19.5. The standard InChI is InChI=1S/C29H28BrNO3/c1-29(2,3)23-17-21(30)14-16-25(23)34-18-26(33)31-28(20-10-5-4-6-11-20)27-22-12-8-7-9-19(22)13-15-24(27)32/h4-17,28,32H,18H2,1-3H3,(H,31,33). The number of halogens is 1. The minimum atomic E-state index is -0.532. The first-order valence-corrected chi connectivity index (χ1v) is 12.0. The number of phenols is 1. The van der Waals surface area contributed by atoms with E-state index in [2.05, 4.69) is 42.0 Å². The number of rotatable bonds is 6. The molecule has 0 saturated heterocycles. The van der Waals surface area contributed by atoms with Crippen molar-refractivity contribution in [2.75, 3.05) is 6.61 Å². The van der Waals surface area contributed by atoms with Crippen molar-refractivity contribution in [1.82, 2.24) is 5.32 Å². The highest BCUT2D eigenvalue weighted by molar-refractivity contribution is 9.10. The number of phenolic OH excluding ortho intramolecular Hbond substituents is 1. The lowest BCUT2D eigenvalue weighted by Crippen LogP contribution is -2.33. The molecule has 4 aromatic rings. The van der Waals surface area contributed by atoms with Gasteiger partial charge in [-0.15, -0.1) is 0 Å². The van der Waals surface area contributed by atoms with Crippen LogP contribution in [-0.4, -0.2) is 17.6 Å². The molecule has 4 nitrogen and oxygen atoms in total. The van der Waals surface area contributed by atoms with Gasteiger partial charge in [0, 0.05) is 15.6 Å². The van der Waals surface area contributed by atoms with Gasteiger partial charge in [0.05, 0.1) is 6.04 Å². The summed E-state index contributed by atoms with van der Waals surface area (Å²) in [5.74, 6) is 0.538. The predicted molar refractivity (Wildman–Crippen MR) is 140 cm³/mol. The van der Waals surface area contributed by atoms with E-state index in [4.69, 9.17) is 4.74 Å². The van der Waals surface area contributed by atoms with Crippen molar-refractivity contribution in [2.24, 2.45) is 0 Å². The molecule has 0 aromatic heterocycles. The lowest BCUT2D eigenvalue weighted by molar-refractivity contribution is -0.123. The highest BCUT2D eigenvalue weighted by Crippen LogP contribution is 2.36. The maximum atomic E-state index is 13.1. The van der Waals surface area contributed by atoms with E-state index >= 15 is 0 Å². The van der Waals surface area contributed by atoms with Crippen LogP contribution in [0.5, 0.6) is 11.5 Å². The molecule has 0 aliphatic carbocycles. The van der Waals surface area contributed by atoms with Crippen LogP contribution in [-0.2, 0) is 10.2 Å². The predicted octanol–water partition coefficient (Wildman–Crippen LogP) is 6.89. The lowest BCUT2D eigenvalue weighted by Gasteiger charge is -2.24. The van der Waals surface area contributed by atoms with E-state index in [0.29, 0.717) is 11.3 Å². The zero-order chi connectivity index (χ0) is 24.3. The molecular formula is C29H28BrNO3. The first-order valence-electron chi connectivity index (χ1n) is 11.2. The number of hydrogen-bond donors (Lipinski definition) is 2. The molecule has 1 atom stereocenters. The second kappa shape index (κ2) is 9.90.